The van der Waals surface area contributed by atoms with Gasteiger partial charge in [-0.15, -0.1) is 0 Å². The van der Waals surface area contributed by atoms with Crippen LogP contribution in [0.3, 0.4) is 0 Å². The maximum absolute atomic E-state index is 12.1. The van der Waals surface area contributed by atoms with Crippen LogP contribution in [0.4, 0.5) is 5.69 Å². The summed E-state index contributed by atoms with van der Waals surface area (Å²) in [7, 11) is 0. The number of nitrogens with two attached hydrogens (primary N) is 1. The van der Waals surface area contributed by atoms with E-state index in [0.29, 0.717) is 12.2 Å². The van der Waals surface area contributed by atoms with E-state index in [2.05, 4.69) is 10.2 Å². The standard InChI is InChI=1S/C16H21N3O4/c17-15(21)12-5-1-2-6-13(12)18-14(20)9-11(16(22)23)10-19-7-3-4-8-19/h1-2,5-6,11H,3-4,7-10H2,(H2,17,21)(H,18,20)(H,22,23)/t11-/m1/s1. The Kier molecular flexibility index (Phi) is 5.70. The van der Waals surface area contributed by atoms with Gasteiger partial charge in [0.05, 0.1) is 17.2 Å². The fourth-order valence-electron chi connectivity index (χ4n) is 2.74. The number of hydrogen-bond acceptors (Lipinski definition) is 4. The van der Waals surface area contributed by atoms with E-state index >= 15 is 0 Å². The van der Waals surface area contributed by atoms with Crippen LogP contribution < -0.4 is 11.1 Å². The Morgan fingerprint density at radius 1 is 1.22 bits per heavy atom. The smallest absolute Gasteiger partial charge is 0.308 e. The minimum absolute atomic E-state index is 0.140. The highest BCUT2D eigenvalue weighted by Crippen LogP contribution is 2.17. The normalized spacial score (nSPS) is 16.0. The zero-order valence-electron chi connectivity index (χ0n) is 12.8. The van der Waals surface area contributed by atoms with E-state index in [1.54, 1.807) is 18.2 Å². The molecule has 1 heterocycles. The van der Waals surface area contributed by atoms with E-state index < -0.39 is 23.7 Å². The lowest BCUT2D eigenvalue weighted by molar-refractivity contribution is -0.144. The molecule has 0 spiro atoms. The average Bonchev–Trinajstić information content (AvgIpc) is 2.99. The molecule has 2 amide bonds. The Morgan fingerprint density at radius 3 is 2.48 bits per heavy atom. The van der Waals surface area contributed by atoms with Crippen LogP contribution in [-0.2, 0) is 9.59 Å². The van der Waals surface area contributed by atoms with Crippen molar-refractivity contribution in [2.45, 2.75) is 19.3 Å². The summed E-state index contributed by atoms with van der Waals surface area (Å²) in [4.78, 5) is 36.9. The topological polar surface area (TPSA) is 113 Å². The maximum Gasteiger partial charge on any atom is 0.308 e. The fraction of sp³-hybridized carbons (Fsp3) is 0.438. The number of carbonyl (C=O) groups is 3. The van der Waals surface area contributed by atoms with Crippen LogP contribution in [0.5, 0.6) is 0 Å². The number of primary amides is 1. The van der Waals surface area contributed by atoms with Gasteiger partial charge in [0, 0.05) is 13.0 Å². The fourth-order valence-corrected chi connectivity index (χ4v) is 2.74. The first-order valence-electron chi connectivity index (χ1n) is 7.61. The molecule has 0 bridgehead atoms. The summed E-state index contributed by atoms with van der Waals surface area (Å²) in [5, 5.41) is 11.9. The van der Waals surface area contributed by atoms with Crippen molar-refractivity contribution in [3.63, 3.8) is 0 Å². The van der Waals surface area contributed by atoms with E-state index in [1.165, 1.54) is 6.07 Å². The Bertz CT molecular complexity index is 597. The van der Waals surface area contributed by atoms with Crippen molar-refractivity contribution in [1.82, 2.24) is 4.90 Å². The van der Waals surface area contributed by atoms with Crippen molar-refractivity contribution in [3.8, 4) is 0 Å². The van der Waals surface area contributed by atoms with E-state index in [9.17, 15) is 19.5 Å². The zero-order valence-corrected chi connectivity index (χ0v) is 12.8. The molecule has 0 unspecified atom stereocenters. The number of nitrogens with one attached hydrogen (secondary N) is 1. The van der Waals surface area contributed by atoms with Crippen molar-refractivity contribution >= 4 is 23.5 Å². The molecule has 1 aromatic rings. The van der Waals surface area contributed by atoms with Crippen LogP contribution in [0.2, 0.25) is 0 Å². The molecule has 1 aromatic carbocycles. The van der Waals surface area contributed by atoms with Crippen molar-refractivity contribution in [2.75, 3.05) is 25.0 Å². The number of aliphatic carboxylic acids is 1. The van der Waals surface area contributed by atoms with E-state index in [0.717, 1.165) is 25.9 Å². The SMILES string of the molecule is NC(=O)c1ccccc1NC(=O)C[C@H](CN1CCCC1)C(=O)O. The van der Waals surface area contributed by atoms with Crippen LogP contribution in [-0.4, -0.2) is 47.4 Å². The first kappa shape index (κ1) is 17.0. The maximum atomic E-state index is 12.1. The number of carboxylic acids is 1. The molecule has 0 aliphatic carbocycles. The van der Waals surface area contributed by atoms with Gasteiger partial charge in [-0.25, -0.2) is 0 Å². The molecule has 7 nitrogen and oxygen atoms in total. The summed E-state index contributed by atoms with van der Waals surface area (Å²) in [6, 6.07) is 6.38. The molecule has 1 saturated heterocycles. The van der Waals surface area contributed by atoms with Gasteiger partial charge in [0.25, 0.3) is 5.91 Å². The molecule has 1 fully saturated rings. The highest BCUT2D eigenvalue weighted by molar-refractivity contribution is 6.03. The van der Waals surface area contributed by atoms with Crippen molar-refractivity contribution < 1.29 is 19.5 Å². The third-order valence-corrected chi connectivity index (χ3v) is 3.92. The first-order valence-corrected chi connectivity index (χ1v) is 7.61. The molecule has 0 aromatic heterocycles. The predicted octanol–water partition coefficient (Wildman–Crippen LogP) is 0.911. The minimum atomic E-state index is -0.991. The van der Waals surface area contributed by atoms with Crippen LogP contribution in [0, 0.1) is 5.92 Å². The third kappa shape index (κ3) is 4.79. The van der Waals surface area contributed by atoms with Gasteiger partial charge in [0.1, 0.15) is 0 Å². The van der Waals surface area contributed by atoms with Crippen LogP contribution in [0.25, 0.3) is 0 Å². The van der Waals surface area contributed by atoms with Gasteiger partial charge in [0.15, 0.2) is 0 Å². The summed E-state index contributed by atoms with van der Waals surface area (Å²) in [5.41, 5.74) is 5.76. The van der Waals surface area contributed by atoms with E-state index in [-0.39, 0.29) is 12.0 Å². The lowest BCUT2D eigenvalue weighted by Crippen LogP contribution is -2.34. The number of nitrogens with zero attached hydrogens (tertiary/aromatic N) is 1. The van der Waals surface area contributed by atoms with Crippen molar-refractivity contribution in [1.29, 1.82) is 0 Å². The molecule has 1 atom stereocenters. The lowest BCUT2D eigenvalue weighted by atomic mass is 10.0. The second-order valence-electron chi connectivity index (χ2n) is 5.71. The number of carboxylic acid groups (broad SMARTS) is 1. The summed E-state index contributed by atoms with van der Waals surface area (Å²) < 4.78 is 0. The molecule has 1 aliphatic heterocycles. The quantitative estimate of drug-likeness (QED) is 0.691. The van der Waals surface area contributed by atoms with Crippen LogP contribution >= 0.6 is 0 Å². The molecule has 0 radical (unpaired) electrons. The van der Waals surface area contributed by atoms with E-state index in [1.807, 2.05) is 0 Å². The summed E-state index contributed by atoms with van der Waals surface area (Å²) in [6.45, 7) is 2.10. The number of benzene rings is 1. The highest BCUT2D eigenvalue weighted by Gasteiger charge is 2.26. The molecule has 1 aliphatic rings. The Morgan fingerprint density at radius 2 is 1.87 bits per heavy atom. The summed E-state index contributed by atoms with van der Waals surface area (Å²) >= 11 is 0. The summed E-state index contributed by atoms with van der Waals surface area (Å²) in [6.07, 6.45) is 1.98. The molecular formula is C16H21N3O4. The molecule has 0 saturated carbocycles. The average molecular weight is 319 g/mol. The second kappa shape index (κ2) is 7.73. The number of rotatable bonds is 7. The molecule has 7 heteroatoms. The number of para-hydroxylation sites is 1. The van der Waals surface area contributed by atoms with Gasteiger partial charge in [-0.2, -0.15) is 0 Å². The number of carbonyl (C=O) groups excluding carboxylic acids is 2. The third-order valence-electron chi connectivity index (χ3n) is 3.92. The van der Waals surface area contributed by atoms with Crippen molar-refractivity contribution in [2.24, 2.45) is 11.7 Å². The summed E-state index contributed by atoms with van der Waals surface area (Å²) in [5.74, 6) is -2.85. The van der Waals surface area contributed by atoms with Gasteiger partial charge in [-0.1, -0.05) is 12.1 Å². The minimum Gasteiger partial charge on any atom is -0.481 e. The Hall–Kier alpha value is -2.41. The number of likely N-dealkylation sites (tertiary alicyclic amines) is 1. The van der Waals surface area contributed by atoms with Gasteiger partial charge in [-0.05, 0) is 38.1 Å². The molecule has 2 rings (SSSR count). The van der Waals surface area contributed by atoms with Crippen molar-refractivity contribution in [3.05, 3.63) is 29.8 Å². The number of amides is 2. The zero-order chi connectivity index (χ0) is 16.8. The second-order valence-corrected chi connectivity index (χ2v) is 5.71. The van der Waals surface area contributed by atoms with Crippen LogP contribution in [0.1, 0.15) is 29.6 Å². The van der Waals surface area contributed by atoms with Gasteiger partial charge in [0.2, 0.25) is 5.91 Å². The predicted molar refractivity (Wildman–Crippen MR) is 85.0 cm³/mol. The Balaban J connectivity index is 1.99. The Labute approximate surface area is 134 Å². The van der Waals surface area contributed by atoms with Crippen LogP contribution in [0.15, 0.2) is 24.3 Å². The number of anilines is 1. The monoisotopic (exact) mass is 319 g/mol. The van der Waals surface area contributed by atoms with Gasteiger partial charge >= 0.3 is 5.97 Å². The first-order chi connectivity index (χ1) is 11.0. The molecule has 4 N–H and O–H groups in total. The lowest BCUT2D eigenvalue weighted by Gasteiger charge is -2.20. The molecular weight excluding hydrogens is 298 g/mol. The molecule has 23 heavy (non-hydrogen) atoms. The van der Waals surface area contributed by atoms with Gasteiger partial charge < -0.3 is 21.1 Å². The van der Waals surface area contributed by atoms with E-state index in [4.69, 9.17) is 5.73 Å². The molecule has 124 valence electrons. The largest absolute Gasteiger partial charge is 0.481 e. The van der Waals surface area contributed by atoms with Gasteiger partial charge in [-0.3, -0.25) is 14.4 Å². The number of hydrogen-bond donors (Lipinski definition) is 3. The highest BCUT2D eigenvalue weighted by atomic mass is 16.4.